The molecule has 0 aliphatic carbocycles. The number of aryl methyl sites for hydroxylation is 2. The van der Waals surface area contributed by atoms with Gasteiger partial charge in [0.05, 0.1) is 11.3 Å². The highest BCUT2D eigenvalue weighted by molar-refractivity contribution is 7.80. The summed E-state index contributed by atoms with van der Waals surface area (Å²) in [4.78, 5) is 38.5. The summed E-state index contributed by atoms with van der Waals surface area (Å²) in [6, 6.07) is 13.5. The summed E-state index contributed by atoms with van der Waals surface area (Å²) in [5.74, 6) is -1.52. The Bertz CT molecular complexity index is 1370. The molecule has 1 aliphatic heterocycles. The van der Waals surface area contributed by atoms with E-state index < -0.39 is 17.8 Å². The van der Waals surface area contributed by atoms with Gasteiger partial charge < -0.3 is 9.52 Å². The highest BCUT2D eigenvalue weighted by atomic mass is 32.1. The SMILES string of the molecule is Cc1ccc(C(=O)O)cc1-c1ccc(/C=C2\C(=O)NC(=S)N(c3cccc(C)c3C)C2=O)o1. The van der Waals surface area contributed by atoms with Crippen molar-refractivity contribution >= 4 is 46.9 Å². The fourth-order valence-electron chi connectivity index (χ4n) is 3.59. The van der Waals surface area contributed by atoms with Gasteiger partial charge in [0.1, 0.15) is 17.1 Å². The van der Waals surface area contributed by atoms with Crippen LogP contribution in [0.1, 0.15) is 32.8 Å². The van der Waals surface area contributed by atoms with Gasteiger partial charge in [-0.15, -0.1) is 0 Å². The highest BCUT2D eigenvalue weighted by Crippen LogP contribution is 2.30. The van der Waals surface area contributed by atoms with E-state index in [2.05, 4.69) is 5.32 Å². The Labute approximate surface area is 195 Å². The Hall–Kier alpha value is -4.04. The van der Waals surface area contributed by atoms with Crippen molar-refractivity contribution in [3.05, 3.63) is 82.1 Å². The quantitative estimate of drug-likeness (QED) is 0.340. The van der Waals surface area contributed by atoms with Crippen LogP contribution < -0.4 is 10.2 Å². The number of carboxylic acids is 1. The van der Waals surface area contributed by atoms with Gasteiger partial charge >= 0.3 is 5.97 Å². The number of carbonyl (C=O) groups excluding carboxylic acids is 2. The van der Waals surface area contributed by atoms with Crippen molar-refractivity contribution in [2.45, 2.75) is 20.8 Å². The first-order chi connectivity index (χ1) is 15.7. The molecule has 2 N–H and O–H groups in total. The molecule has 8 heteroatoms. The van der Waals surface area contributed by atoms with Crippen molar-refractivity contribution < 1.29 is 23.9 Å². The Morgan fingerprint density at radius 2 is 1.82 bits per heavy atom. The molecule has 1 aromatic heterocycles. The average molecular weight is 461 g/mol. The summed E-state index contributed by atoms with van der Waals surface area (Å²) < 4.78 is 5.84. The smallest absolute Gasteiger partial charge is 0.335 e. The molecule has 0 spiro atoms. The van der Waals surface area contributed by atoms with Crippen LogP contribution in [-0.4, -0.2) is 28.0 Å². The van der Waals surface area contributed by atoms with Crippen molar-refractivity contribution in [2.24, 2.45) is 0 Å². The van der Waals surface area contributed by atoms with Crippen LogP contribution in [-0.2, 0) is 9.59 Å². The second kappa shape index (κ2) is 8.48. The molecule has 0 radical (unpaired) electrons. The van der Waals surface area contributed by atoms with Gasteiger partial charge in [0.25, 0.3) is 11.8 Å². The normalized spacial score (nSPS) is 15.2. The van der Waals surface area contributed by atoms with Gasteiger partial charge in [-0.25, -0.2) is 4.79 Å². The predicted molar refractivity (Wildman–Crippen MR) is 128 cm³/mol. The lowest BCUT2D eigenvalue weighted by atomic mass is 10.0. The second-order valence-electron chi connectivity index (χ2n) is 7.71. The standard InChI is InChI=1S/C25H20N2O5S/c1-13-5-4-6-20(15(13)3)27-23(29)19(22(28)26-25(27)33)12-17-9-10-21(32-17)18-11-16(24(30)31)8-7-14(18)2/h4-12H,1-3H3,(H,30,31)(H,26,28,33)/b19-12+. The maximum absolute atomic E-state index is 13.3. The second-order valence-corrected chi connectivity index (χ2v) is 8.10. The third kappa shape index (κ3) is 4.08. The van der Waals surface area contributed by atoms with E-state index in [-0.39, 0.29) is 22.0 Å². The van der Waals surface area contributed by atoms with Crippen molar-refractivity contribution in [3.8, 4) is 11.3 Å². The number of furan rings is 1. The predicted octanol–water partition coefficient (Wildman–Crippen LogP) is 4.40. The lowest BCUT2D eigenvalue weighted by Gasteiger charge is -2.30. The molecule has 0 unspecified atom stereocenters. The number of carbonyl (C=O) groups is 3. The summed E-state index contributed by atoms with van der Waals surface area (Å²) in [5.41, 5.74) is 3.89. The molecule has 4 rings (SSSR count). The van der Waals surface area contributed by atoms with E-state index in [1.807, 2.05) is 32.9 Å². The van der Waals surface area contributed by atoms with Gasteiger partial charge in [-0.05, 0) is 86.1 Å². The molecule has 1 saturated heterocycles. The highest BCUT2D eigenvalue weighted by Gasteiger charge is 2.35. The van der Waals surface area contributed by atoms with Gasteiger partial charge in [-0.3, -0.25) is 19.8 Å². The first kappa shape index (κ1) is 22.2. The van der Waals surface area contributed by atoms with E-state index in [1.54, 1.807) is 24.3 Å². The number of nitrogens with one attached hydrogen (secondary N) is 1. The fourth-order valence-corrected chi connectivity index (χ4v) is 3.87. The maximum atomic E-state index is 13.3. The molecule has 3 aromatic rings. The molecule has 0 atom stereocenters. The molecule has 0 bridgehead atoms. The summed E-state index contributed by atoms with van der Waals surface area (Å²) >= 11 is 5.27. The van der Waals surface area contributed by atoms with Crippen LogP contribution in [0.15, 0.2) is 58.5 Å². The van der Waals surface area contributed by atoms with Crippen molar-refractivity contribution in [3.63, 3.8) is 0 Å². The summed E-state index contributed by atoms with van der Waals surface area (Å²) in [7, 11) is 0. The molecule has 2 amide bonds. The minimum absolute atomic E-state index is 0.0112. The zero-order valence-corrected chi connectivity index (χ0v) is 18.9. The van der Waals surface area contributed by atoms with Crippen LogP contribution in [0.5, 0.6) is 0 Å². The molecule has 7 nitrogen and oxygen atoms in total. The molecular formula is C25H20N2O5S. The molecular weight excluding hydrogens is 440 g/mol. The average Bonchev–Trinajstić information content (AvgIpc) is 3.22. The van der Waals surface area contributed by atoms with Gasteiger partial charge in [0, 0.05) is 5.56 Å². The number of anilines is 1. The van der Waals surface area contributed by atoms with Gasteiger partial charge in [0.15, 0.2) is 5.11 Å². The Morgan fingerprint density at radius 3 is 2.55 bits per heavy atom. The zero-order valence-electron chi connectivity index (χ0n) is 18.1. The number of amides is 2. The van der Waals surface area contributed by atoms with Crippen molar-refractivity contribution in [1.29, 1.82) is 0 Å². The first-order valence-corrected chi connectivity index (χ1v) is 10.5. The van der Waals surface area contributed by atoms with E-state index in [0.717, 1.165) is 16.7 Å². The molecule has 33 heavy (non-hydrogen) atoms. The van der Waals surface area contributed by atoms with Gasteiger partial charge in [0.2, 0.25) is 0 Å². The molecule has 1 aliphatic rings. The van der Waals surface area contributed by atoms with Crippen LogP contribution in [0.25, 0.3) is 17.4 Å². The topological polar surface area (TPSA) is 99.8 Å². The minimum Gasteiger partial charge on any atom is -0.478 e. The van der Waals surface area contributed by atoms with Gasteiger partial charge in [-0.2, -0.15) is 0 Å². The monoisotopic (exact) mass is 460 g/mol. The minimum atomic E-state index is -1.04. The molecule has 2 heterocycles. The fraction of sp³-hybridized carbons (Fsp3) is 0.120. The summed E-state index contributed by atoms with van der Waals surface area (Å²) in [6.07, 6.45) is 1.36. The summed E-state index contributed by atoms with van der Waals surface area (Å²) in [6.45, 7) is 5.65. The Kier molecular flexibility index (Phi) is 5.69. The first-order valence-electron chi connectivity index (χ1n) is 10.1. The number of hydrogen-bond donors (Lipinski definition) is 2. The van der Waals surface area contributed by atoms with Crippen LogP contribution in [0.4, 0.5) is 5.69 Å². The maximum Gasteiger partial charge on any atom is 0.335 e. The van der Waals surface area contributed by atoms with Crippen LogP contribution in [0, 0.1) is 20.8 Å². The third-order valence-corrected chi connectivity index (χ3v) is 5.87. The lowest BCUT2D eigenvalue weighted by Crippen LogP contribution is -2.54. The number of benzene rings is 2. The third-order valence-electron chi connectivity index (χ3n) is 5.58. The molecule has 166 valence electrons. The molecule has 2 aromatic carbocycles. The van der Waals surface area contributed by atoms with E-state index in [9.17, 15) is 19.5 Å². The number of thiocarbonyl (C=S) groups is 1. The number of rotatable bonds is 4. The van der Waals surface area contributed by atoms with Crippen molar-refractivity contribution in [2.75, 3.05) is 4.90 Å². The van der Waals surface area contributed by atoms with E-state index in [0.29, 0.717) is 17.0 Å². The zero-order chi connectivity index (χ0) is 23.9. The number of aromatic carboxylic acids is 1. The molecule has 1 fully saturated rings. The summed E-state index contributed by atoms with van der Waals surface area (Å²) in [5, 5.41) is 11.8. The lowest BCUT2D eigenvalue weighted by molar-refractivity contribution is -0.122. The number of nitrogens with zero attached hydrogens (tertiary/aromatic N) is 1. The molecule has 0 saturated carbocycles. The van der Waals surface area contributed by atoms with Crippen LogP contribution in [0.2, 0.25) is 0 Å². The van der Waals surface area contributed by atoms with E-state index >= 15 is 0 Å². The van der Waals surface area contributed by atoms with E-state index in [4.69, 9.17) is 16.6 Å². The van der Waals surface area contributed by atoms with Crippen molar-refractivity contribution in [1.82, 2.24) is 5.32 Å². The largest absolute Gasteiger partial charge is 0.478 e. The van der Waals surface area contributed by atoms with Crippen LogP contribution >= 0.6 is 12.2 Å². The van der Waals surface area contributed by atoms with Crippen LogP contribution in [0.3, 0.4) is 0 Å². The van der Waals surface area contributed by atoms with E-state index in [1.165, 1.54) is 23.1 Å². The Morgan fingerprint density at radius 1 is 1.06 bits per heavy atom. The van der Waals surface area contributed by atoms with Gasteiger partial charge in [-0.1, -0.05) is 18.2 Å². The number of hydrogen-bond acceptors (Lipinski definition) is 5. The number of carboxylic acid groups (broad SMARTS) is 1. The Balaban J connectivity index is 1.72.